The van der Waals surface area contributed by atoms with Crippen LogP contribution < -0.4 is 10.3 Å². The zero-order valence-corrected chi connectivity index (χ0v) is 26.6. The summed E-state index contributed by atoms with van der Waals surface area (Å²) in [5.74, 6) is 2.65. The van der Waals surface area contributed by atoms with Crippen LogP contribution in [0.2, 0.25) is 0 Å². The Kier molecular flexibility index (Phi) is 9.82. The number of benzene rings is 2. The predicted molar refractivity (Wildman–Crippen MR) is 177 cm³/mol. The SMILES string of the molecule is CCCCc1nc(C2CCCC2)n(-c2ncc(OCC)cn2)c(=O)c1Cc1ccc(-c2ccccc2CCC(=O)C2CC2)cc1. The first-order chi connectivity index (χ1) is 22.1. The molecule has 7 nitrogen and oxygen atoms in total. The molecule has 2 aliphatic carbocycles. The fourth-order valence-electron chi connectivity index (χ4n) is 6.56. The minimum Gasteiger partial charge on any atom is -0.491 e. The number of nitrogens with zero attached hydrogens (tertiary/aromatic N) is 4. The van der Waals surface area contributed by atoms with Crippen molar-refractivity contribution in [1.29, 1.82) is 0 Å². The molecule has 7 heteroatoms. The van der Waals surface area contributed by atoms with Gasteiger partial charge in [0.25, 0.3) is 5.56 Å². The van der Waals surface area contributed by atoms with Crippen molar-refractivity contribution in [1.82, 2.24) is 19.5 Å². The molecule has 0 saturated heterocycles. The van der Waals surface area contributed by atoms with E-state index in [0.29, 0.717) is 42.8 Å². The highest BCUT2D eigenvalue weighted by Crippen LogP contribution is 2.35. The Labute approximate surface area is 266 Å². The highest BCUT2D eigenvalue weighted by Gasteiger charge is 2.29. The Hall–Kier alpha value is -4.13. The van der Waals surface area contributed by atoms with Crippen LogP contribution in [-0.4, -0.2) is 31.9 Å². The lowest BCUT2D eigenvalue weighted by atomic mass is 9.94. The molecule has 0 unspecified atom stereocenters. The number of rotatable bonds is 14. The van der Waals surface area contributed by atoms with Crippen molar-refractivity contribution >= 4 is 5.78 Å². The number of carbonyl (C=O) groups is 1. The number of carbonyl (C=O) groups excluding carboxylic acids is 1. The number of aromatic nitrogens is 4. The summed E-state index contributed by atoms with van der Waals surface area (Å²) in [5.41, 5.74) is 6.09. The first-order valence-electron chi connectivity index (χ1n) is 16.9. The van der Waals surface area contributed by atoms with Crippen LogP contribution in [0.3, 0.4) is 0 Å². The third kappa shape index (κ3) is 7.24. The van der Waals surface area contributed by atoms with Crippen molar-refractivity contribution < 1.29 is 9.53 Å². The van der Waals surface area contributed by atoms with Crippen molar-refractivity contribution in [3.05, 3.63) is 99.5 Å². The predicted octanol–water partition coefficient (Wildman–Crippen LogP) is 7.59. The number of hydrogen-bond acceptors (Lipinski definition) is 6. The fourth-order valence-corrected chi connectivity index (χ4v) is 6.56. The van der Waals surface area contributed by atoms with Gasteiger partial charge in [-0.05, 0) is 74.1 Å². The van der Waals surface area contributed by atoms with E-state index >= 15 is 0 Å². The normalized spacial score (nSPS) is 15.0. The van der Waals surface area contributed by atoms with Crippen molar-refractivity contribution in [2.45, 2.75) is 96.8 Å². The van der Waals surface area contributed by atoms with Gasteiger partial charge >= 0.3 is 0 Å². The van der Waals surface area contributed by atoms with Gasteiger partial charge in [-0.2, -0.15) is 0 Å². The molecule has 0 aliphatic heterocycles. The van der Waals surface area contributed by atoms with E-state index in [4.69, 9.17) is 9.72 Å². The van der Waals surface area contributed by atoms with Gasteiger partial charge in [0.05, 0.1) is 24.7 Å². The second kappa shape index (κ2) is 14.3. The van der Waals surface area contributed by atoms with Gasteiger partial charge in [0, 0.05) is 30.2 Å². The molecule has 0 amide bonds. The van der Waals surface area contributed by atoms with Crippen LogP contribution in [0, 0.1) is 5.92 Å². The van der Waals surface area contributed by atoms with Crippen LogP contribution in [0.1, 0.15) is 106 Å². The number of aryl methyl sites for hydroxylation is 2. The molecular formula is C38H44N4O3. The minimum atomic E-state index is -0.0723. The molecule has 2 aliphatic rings. The van der Waals surface area contributed by atoms with Crippen molar-refractivity contribution in [3.8, 4) is 22.8 Å². The molecule has 2 saturated carbocycles. The van der Waals surface area contributed by atoms with Crippen LogP contribution in [-0.2, 0) is 24.1 Å². The molecule has 2 aromatic heterocycles. The van der Waals surface area contributed by atoms with Crippen molar-refractivity contribution in [2.24, 2.45) is 5.92 Å². The minimum absolute atomic E-state index is 0.0723. The van der Waals surface area contributed by atoms with Crippen LogP contribution in [0.5, 0.6) is 5.75 Å². The zero-order valence-electron chi connectivity index (χ0n) is 26.6. The molecule has 4 aromatic rings. The molecule has 2 aromatic carbocycles. The van der Waals surface area contributed by atoms with E-state index in [1.54, 1.807) is 17.0 Å². The zero-order chi connectivity index (χ0) is 31.2. The third-order valence-electron chi connectivity index (χ3n) is 9.24. The lowest BCUT2D eigenvalue weighted by molar-refractivity contribution is -0.120. The Balaban J connectivity index is 1.33. The highest BCUT2D eigenvalue weighted by molar-refractivity contribution is 5.83. The first-order valence-corrected chi connectivity index (χ1v) is 16.9. The summed E-state index contributed by atoms with van der Waals surface area (Å²) < 4.78 is 7.24. The van der Waals surface area contributed by atoms with E-state index in [1.807, 2.05) is 13.0 Å². The number of ketones is 1. The molecule has 45 heavy (non-hydrogen) atoms. The smallest absolute Gasteiger partial charge is 0.264 e. The van der Waals surface area contributed by atoms with Crippen molar-refractivity contribution in [3.63, 3.8) is 0 Å². The molecule has 0 bridgehead atoms. The largest absolute Gasteiger partial charge is 0.491 e. The maximum atomic E-state index is 14.4. The second-order valence-electron chi connectivity index (χ2n) is 12.5. The summed E-state index contributed by atoms with van der Waals surface area (Å²) in [6.07, 6.45) is 14.4. The molecule has 0 atom stereocenters. The first kappa shape index (κ1) is 30.9. The Bertz CT molecular complexity index is 1670. The average Bonchev–Trinajstić information content (AvgIpc) is 3.78. The van der Waals surface area contributed by atoms with Crippen LogP contribution in [0.15, 0.2) is 65.7 Å². The van der Waals surface area contributed by atoms with Gasteiger partial charge in [0.15, 0.2) is 5.75 Å². The standard InChI is InChI=1S/C38H44N4O3/c1-3-5-14-34-33(37(44)42(36(41-34)30-11-6-7-12-30)38-39-24-31(25-40-38)45-4-2)23-26-15-17-28(18-16-26)32-13-9-8-10-27(32)21-22-35(43)29-19-20-29/h8-10,13,15-18,24-25,29-30H,3-7,11-12,14,19-23H2,1-2H3. The molecule has 0 N–H and O–H groups in total. The lowest BCUT2D eigenvalue weighted by Gasteiger charge is -2.20. The van der Waals surface area contributed by atoms with E-state index < -0.39 is 0 Å². The molecule has 0 spiro atoms. The van der Waals surface area contributed by atoms with Gasteiger partial charge in [0.2, 0.25) is 5.95 Å². The van der Waals surface area contributed by atoms with Crippen LogP contribution in [0.4, 0.5) is 0 Å². The summed E-state index contributed by atoms with van der Waals surface area (Å²) in [4.78, 5) is 41.2. The van der Waals surface area contributed by atoms with E-state index in [2.05, 4.69) is 59.4 Å². The average molecular weight is 605 g/mol. The Morgan fingerprint density at radius 1 is 0.933 bits per heavy atom. The van der Waals surface area contributed by atoms with Gasteiger partial charge in [-0.25, -0.2) is 19.5 Å². The van der Waals surface area contributed by atoms with Crippen molar-refractivity contribution in [2.75, 3.05) is 6.61 Å². The maximum Gasteiger partial charge on any atom is 0.264 e. The lowest BCUT2D eigenvalue weighted by Crippen LogP contribution is -2.31. The molecule has 6 rings (SSSR count). The van der Waals surface area contributed by atoms with Gasteiger partial charge in [0.1, 0.15) is 11.6 Å². The van der Waals surface area contributed by atoms with E-state index in [1.165, 1.54) is 5.56 Å². The van der Waals surface area contributed by atoms with E-state index in [0.717, 1.165) is 98.0 Å². The number of ether oxygens (including phenoxy) is 1. The Morgan fingerprint density at radius 3 is 2.36 bits per heavy atom. The topological polar surface area (TPSA) is 87.0 Å². The van der Waals surface area contributed by atoms with Crippen LogP contribution >= 0.6 is 0 Å². The highest BCUT2D eigenvalue weighted by atomic mass is 16.5. The van der Waals surface area contributed by atoms with Gasteiger partial charge < -0.3 is 4.74 Å². The maximum absolute atomic E-state index is 14.4. The second-order valence-corrected chi connectivity index (χ2v) is 12.5. The fraction of sp³-hybridized carbons (Fsp3) is 0.447. The van der Waals surface area contributed by atoms with Gasteiger partial charge in [-0.3, -0.25) is 9.59 Å². The molecule has 2 fully saturated rings. The van der Waals surface area contributed by atoms with Gasteiger partial charge in [-0.1, -0.05) is 74.7 Å². The molecular weight excluding hydrogens is 560 g/mol. The molecule has 0 radical (unpaired) electrons. The summed E-state index contributed by atoms with van der Waals surface area (Å²) in [6.45, 7) is 4.62. The molecule has 234 valence electrons. The van der Waals surface area contributed by atoms with Gasteiger partial charge in [-0.15, -0.1) is 0 Å². The third-order valence-corrected chi connectivity index (χ3v) is 9.24. The van der Waals surface area contributed by atoms with Crippen LogP contribution in [0.25, 0.3) is 17.1 Å². The Morgan fingerprint density at radius 2 is 1.67 bits per heavy atom. The monoisotopic (exact) mass is 604 g/mol. The summed E-state index contributed by atoms with van der Waals surface area (Å²) in [6, 6.07) is 16.9. The number of hydrogen-bond donors (Lipinski definition) is 0. The quantitative estimate of drug-likeness (QED) is 0.147. The number of unbranched alkanes of at least 4 members (excludes halogenated alkanes) is 1. The number of Topliss-reactive ketones (excluding diaryl/α,β-unsaturated/α-hetero) is 1. The van der Waals surface area contributed by atoms with E-state index in [9.17, 15) is 9.59 Å². The van der Waals surface area contributed by atoms with E-state index in [-0.39, 0.29) is 11.5 Å². The summed E-state index contributed by atoms with van der Waals surface area (Å²) >= 11 is 0. The summed E-state index contributed by atoms with van der Waals surface area (Å²) in [7, 11) is 0. The molecule has 2 heterocycles. The summed E-state index contributed by atoms with van der Waals surface area (Å²) in [5, 5.41) is 0.